The highest BCUT2D eigenvalue weighted by Crippen LogP contribution is 2.22. The van der Waals surface area contributed by atoms with Crippen molar-refractivity contribution in [2.75, 3.05) is 7.11 Å². The lowest BCUT2D eigenvalue weighted by atomic mass is 9.90. The van der Waals surface area contributed by atoms with Crippen LogP contribution in [0, 0.1) is 10.1 Å². The predicted molar refractivity (Wildman–Crippen MR) is 56.2 cm³/mol. The van der Waals surface area contributed by atoms with Crippen LogP contribution < -0.4 is 0 Å². The number of oxime groups is 1. The summed E-state index contributed by atoms with van der Waals surface area (Å²) in [5.41, 5.74) is -1.06. The lowest BCUT2D eigenvalue weighted by Crippen LogP contribution is -2.37. The van der Waals surface area contributed by atoms with Crippen molar-refractivity contribution in [1.82, 2.24) is 0 Å². The van der Waals surface area contributed by atoms with Gasteiger partial charge in [-0.2, -0.15) is 0 Å². The van der Waals surface area contributed by atoms with E-state index in [4.69, 9.17) is 5.21 Å². The van der Waals surface area contributed by atoms with Crippen LogP contribution in [0.2, 0.25) is 0 Å². The van der Waals surface area contributed by atoms with Gasteiger partial charge in [-0.15, -0.1) is 0 Å². The molecule has 1 unspecified atom stereocenters. The molecule has 0 fully saturated rings. The van der Waals surface area contributed by atoms with E-state index >= 15 is 0 Å². The molecule has 16 heavy (non-hydrogen) atoms. The molecule has 1 atom stereocenters. The van der Waals surface area contributed by atoms with E-state index in [2.05, 4.69) is 9.89 Å². The Bertz CT molecular complexity index is 302. The van der Waals surface area contributed by atoms with E-state index in [1.54, 1.807) is 0 Å². The van der Waals surface area contributed by atoms with E-state index in [9.17, 15) is 14.9 Å². The summed E-state index contributed by atoms with van der Waals surface area (Å²) < 4.78 is 4.42. The van der Waals surface area contributed by atoms with Crippen LogP contribution in [0.1, 0.15) is 33.1 Å². The van der Waals surface area contributed by atoms with Crippen molar-refractivity contribution < 1.29 is 19.7 Å². The van der Waals surface area contributed by atoms with Gasteiger partial charge in [0.15, 0.2) is 0 Å². The van der Waals surface area contributed by atoms with Crippen LogP contribution in [0.4, 0.5) is 0 Å². The first kappa shape index (κ1) is 14.3. The summed E-state index contributed by atoms with van der Waals surface area (Å²) in [6.45, 7) is 2.89. The number of esters is 1. The standard InChI is InChI=1S/C9H16N2O5/c1-7(10-13)6-9(2,11(14)15)5-4-8(12)16-3/h13H,4-6H2,1-3H3/b10-7+. The molecule has 1 N–H and O–H groups in total. The maximum Gasteiger partial charge on any atom is 0.305 e. The van der Waals surface area contributed by atoms with Crippen molar-refractivity contribution >= 4 is 11.7 Å². The molecule has 0 aliphatic rings. The zero-order chi connectivity index (χ0) is 12.8. The number of ether oxygens (including phenoxy) is 1. The van der Waals surface area contributed by atoms with Crippen molar-refractivity contribution in [3.63, 3.8) is 0 Å². The molecule has 0 spiro atoms. The van der Waals surface area contributed by atoms with Crippen molar-refractivity contribution in [1.29, 1.82) is 0 Å². The molecule has 0 saturated carbocycles. The van der Waals surface area contributed by atoms with Gasteiger partial charge in [0, 0.05) is 18.3 Å². The second kappa shape index (κ2) is 6.04. The number of hydrogen-bond donors (Lipinski definition) is 1. The van der Waals surface area contributed by atoms with Crippen LogP contribution in [0.5, 0.6) is 0 Å². The number of rotatable bonds is 6. The number of hydrogen-bond acceptors (Lipinski definition) is 6. The summed E-state index contributed by atoms with van der Waals surface area (Å²) in [5.74, 6) is -0.494. The van der Waals surface area contributed by atoms with E-state index in [0.29, 0.717) is 0 Å². The van der Waals surface area contributed by atoms with Gasteiger partial charge in [0.2, 0.25) is 5.54 Å². The maximum absolute atomic E-state index is 10.9. The zero-order valence-corrected chi connectivity index (χ0v) is 9.60. The maximum atomic E-state index is 10.9. The molecule has 0 rings (SSSR count). The first-order chi connectivity index (χ1) is 7.35. The average molecular weight is 232 g/mol. The molecule has 0 amide bonds. The van der Waals surface area contributed by atoms with Gasteiger partial charge in [0.25, 0.3) is 0 Å². The first-order valence-corrected chi connectivity index (χ1v) is 4.74. The molecule has 0 radical (unpaired) electrons. The molecule has 0 saturated heterocycles. The summed E-state index contributed by atoms with van der Waals surface area (Å²) in [6.07, 6.45) is -0.000282. The fourth-order valence-electron chi connectivity index (χ4n) is 1.30. The Morgan fingerprint density at radius 3 is 2.56 bits per heavy atom. The molecular formula is C9H16N2O5. The molecule has 0 bridgehead atoms. The van der Waals surface area contributed by atoms with Gasteiger partial charge in [0.05, 0.1) is 25.7 Å². The monoisotopic (exact) mass is 232 g/mol. The third kappa shape index (κ3) is 4.24. The second-order valence-electron chi connectivity index (χ2n) is 3.84. The largest absolute Gasteiger partial charge is 0.469 e. The van der Waals surface area contributed by atoms with Gasteiger partial charge >= 0.3 is 5.97 Å². The molecule has 0 aromatic rings. The topological polar surface area (TPSA) is 102 Å². The van der Waals surface area contributed by atoms with Gasteiger partial charge < -0.3 is 9.94 Å². The Morgan fingerprint density at radius 1 is 1.62 bits per heavy atom. The SMILES string of the molecule is COC(=O)CCC(C)(C/C(C)=N/O)[N+](=O)[O-]. The van der Waals surface area contributed by atoms with Gasteiger partial charge in [-0.1, -0.05) is 5.16 Å². The van der Waals surface area contributed by atoms with Crippen LogP contribution in [0.15, 0.2) is 5.16 Å². The smallest absolute Gasteiger partial charge is 0.305 e. The van der Waals surface area contributed by atoms with Gasteiger partial charge in [-0.25, -0.2) is 0 Å². The number of nitrogens with zero attached hydrogens (tertiary/aromatic N) is 2. The zero-order valence-electron chi connectivity index (χ0n) is 9.60. The number of carbonyl (C=O) groups excluding carboxylic acids is 1. The summed E-state index contributed by atoms with van der Waals surface area (Å²) in [7, 11) is 1.23. The molecule has 7 heteroatoms. The average Bonchev–Trinajstić information content (AvgIpc) is 2.25. The molecule has 0 aromatic carbocycles. The predicted octanol–water partition coefficient (Wildman–Crippen LogP) is 1.22. The van der Waals surface area contributed by atoms with E-state index in [0.717, 1.165) is 0 Å². The van der Waals surface area contributed by atoms with Crippen LogP contribution >= 0.6 is 0 Å². The van der Waals surface area contributed by atoms with Gasteiger partial charge in [-0.05, 0) is 6.92 Å². The Kier molecular flexibility index (Phi) is 5.41. The minimum absolute atomic E-state index is 0.00645. The van der Waals surface area contributed by atoms with Gasteiger partial charge in [-0.3, -0.25) is 14.9 Å². The third-order valence-electron chi connectivity index (χ3n) is 2.34. The van der Waals surface area contributed by atoms with Crippen molar-refractivity contribution in [3.05, 3.63) is 10.1 Å². The summed E-state index contributed by atoms with van der Waals surface area (Å²) in [4.78, 5) is 21.3. The number of nitro groups is 1. The molecule has 0 heterocycles. The molecule has 7 nitrogen and oxygen atoms in total. The minimum atomic E-state index is -1.31. The highest BCUT2D eigenvalue weighted by molar-refractivity contribution is 5.82. The van der Waals surface area contributed by atoms with E-state index < -0.39 is 16.4 Å². The van der Waals surface area contributed by atoms with Crippen LogP contribution in [-0.2, 0) is 9.53 Å². The van der Waals surface area contributed by atoms with Crippen molar-refractivity contribution in [3.8, 4) is 0 Å². The highest BCUT2D eigenvalue weighted by Gasteiger charge is 2.38. The van der Waals surface area contributed by atoms with Crippen molar-refractivity contribution in [2.24, 2.45) is 5.16 Å². The Labute approximate surface area is 93.2 Å². The summed E-state index contributed by atoms with van der Waals surface area (Å²) >= 11 is 0. The number of methoxy groups -OCH3 is 1. The highest BCUT2D eigenvalue weighted by atomic mass is 16.6. The van der Waals surface area contributed by atoms with E-state index in [1.807, 2.05) is 0 Å². The minimum Gasteiger partial charge on any atom is -0.469 e. The molecular weight excluding hydrogens is 216 g/mol. The van der Waals surface area contributed by atoms with Crippen LogP contribution in [0.3, 0.4) is 0 Å². The lowest BCUT2D eigenvalue weighted by Gasteiger charge is -2.19. The molecule has 0 aliphatic heterocycles. The number of carbonyl (C=O) groups is 1. The fourth-order valence-corrected chi connectivity index (χ4v) is 1.30. The summed E-state index contributed by atoms with van der Waals surface area (Å²) in [6, 6.07) is 0. The van der Waals surface area contributed by atoms with Crippen LogP contribution in [0.25, 0.3) is 0 Å². The van der Waals surface area contributed by atoms with E-state index in [-0.39, 0.29) is 25.0 Å². The quantitative estimate of drug-likeness (QED) is 0.244. The van der Waals surface area contributed by atoms with Gasteiger partial charge in [0.1, 0.15) is 0 Å². The molecule has 0 aliphatic carbocycles. The summed E-state index contributed by atoms with van der Waals surface area (Å²) in [5, 5.41) is 22.3. The Morgan fingerprint density at radius 2 is 2.19 bits per heavy atom. The Balaban J connectivity index is 4.58. The van der Waals surface area contributed by atoms with Crippen LogP contribution in [-0.4, -0.2) is 34.5 Å². The lowest BCUT2D eigenvalue weighted by molar-refractivity contribution is -0.564. The second-order valence-corrected chi connectivity index (χ2v) is 3.84. The molecule has 0 aromatic heterocycles. The van der Waals surface area contributed by atoms with Crippen molar-refractivity contribution in [2.45, 2.75) is 38.6 Å². The third-order valence-corrected chi connectivity index (χ3v) is 2.34. The van der Waals surface area contributed by atoms with E-state index in [1.165, 1.54) is 21.0 Å². The Hall–Kier alpha value is -1.66. The normalized spacial score (nSPS) is 15.3. The fraction of sp³-hybridized carbons (Fsp3) is 0.778. The first-order valence-electron chi connectivity index (χ1n) is 4.74. The molecule has 92 valence electrons.